The Hall–Kier alpha value is -2.61. The van der Waals surface area contributed by atoms with Crippen molar-refractivity contribution in [2.75, 3.05) is 6.54 Å². The first-order valence-corrected chi connectivity index (χ1v) is 7.69. The van der Waals surface area contributed by atoms with Gasteiger partial charge >= 0.3 is 0 Å². The lowest BCUT2D eigenvalue weighted by atomic mass is 10.2. The molecule has 0 bridgehead atoms. The van der Waals surface area contributed by atoms with Gasteiger partial charge in [0.15, 0.2) is 0 Å². The molecular formula is C17H16F3N3O2. The Bertz CT molecular complexity index is 753. The molecule has 2 aromatic rings. The van der Waals surface area contributed by atoms with Gasteiger partial charge in [-0.1, -0.05) is 12.1 Å². The Morgan fingerprint density at radius 3 is 2.84 bits per heavy atom. The van der Waals surface area contributed by atoms with E-state index in [0.717, 1.165) is 0 Å². The fraction of sp³-hybridized carbons (Fsp3) is 0.294. The van der Waals surface area contributed by atoms with Crippen LogP contribution in [0.25, 0.3) is 0 Å². The highest BCUT2D eigenvalue weighted by atomic mass is 19.3. The molecule has 0 spiro atoms. The van der Waals surface area contributed by atoms with Crippen molar-refractivity contribution in [2.45, 2.75) is 24.9 Å². The summed E-state index contributed by atoms with van der Waals surface area (Å²) in [6.07, 6.45) is 0.989. The van der Waals surface area contributed by atoms with Crippen LogP contribution in [0.2, 0.25) is 0 Å². The molecule has 1 aromatic carbocycles. The lowest BCUT2D eigenvalue weighted by Crippen LogP contribution is -2.40. The van der Waals surface area contributed by atoms with Crippen molar-refractivity contribution >= 4 is 5.91 Å². The second-order valence-corrected chi connectivity index (χ2v) is 5.78. The number of benzene rings is 1. The summed E-state index contributed by atoms with van der Waals surface area (Å²) in [6.45, 7) is -0.325. The van der Waals surface area contributed by atoms with Gasteiger partial charge in [-0.3, -0.25) is 10.1 Å². The minimum Gasteiger partial charge on any atom is -0.439 e. The molecule has 0 aliphatic carbocycles. The third-order valence-corrected chi connectivity index (χ3v) is 3.71. The Morgan fingerprint density at radius 2 is 2.20 bits per heavy atom. The third kappa shape index (κ3) is 4.69. The van der Waals surface area contributed by atoms with Gasteiger partial charge in [-0.15, -0.1) is 0 Å². The molecule has 1 atom stereocenters. The number of carbonyl (C=O) groups excluding carboxylic acids is 1. The summed E-state index contributed by atoms with van der Waals surface area (Å²) in [6, 6.07) is 8.03. The Labute approximate surface area is 142 Å². The number of nitrogens with one attached hydrogen (secondary N) is 2. The standard InChI is InChI=1S/C17H16F3N3O2/c18-12-2-1-3-13(6-12)25-15-5-4-11(8-21-15)9-22-16(24)14-7-17(19,20)10-23-14/h1-6,8,14,23H,7,9-10H2,(H,22,24). The van der Waals surface area contributed by atoms with E-state index in [1.165, 1.54) is 24.4 Å². The predicted octanol–water partition coefficient (Wildman–Crippen LogP) is 2.63. The van der Waals surface area contributed by atoms with Gasteiger partial charge in [-0.2, -0.15) is 0 Å². The van der Waals surface area contributed by atoms with Crippen molar-refractivity contribution in [3.8, 4) is 11.6 Å². The lowest BCUT2D eigenvalue weighted by Gasteiger charge is -2.11. The van der Waals surface area contributed by atoms with Crippen LogP contribution in [-0.4, -0.2) is 29.4 Å². The molecule has 25 heavy (non-hydrogen) atoms. The number of ether oxygens (including phenoxy) is 1. The topological polar surface area (TPSA) is 63.2 Å². The van der Waals surface area contributed by atoms with Crippen LogP contribution in [0.1, 0.15) is 12.0 Å². The highest BCUT2D eigenvalue weighted by molar-refractivity contribution is 5.82. The molecule has 1 aromatic heterocycles. The van der Waals surface area contributed by atoms with Crippen molar-refractivity contribution < 1.29 is 22.7 Å². The molecular weight excluding hydrogens is 335 g/mol. The number of alkyl halides is 2. The van der Waals surface area contributed by atoms with Crippen LogP contribution in [-0.2, 0) is 11.3 Å². The van der Waals surface area contributed by atoms with Gasteiger partial charge in [-0.25, -0.2) is 18.2 Å². The zero-order valence-corrected chi connectivity index (χ0v) is 13.1. The first kappa shape index (κ1) is 17.2. The quantitative estimate of drug-likeness (QED) is 0.869. The summed E-state index contributed by atoms with van der Waals surface area (Å²) in [4.78, 5) is 15.9. The molecule has 1 aliphatic rings. The van der Waals surface area contributed by atoms with Gasteiger partial charge in [0.2, 0.25) is 11.8 Å². The van der Waals surface area contributed by atoms with E-state index in [9.17, 15) is 18.0 Å². The van der Waals surface area contributed by atoms with E-state index in [-0.39, 0.29) is 12.4 Å². The van der Waals surface area contributed by atoms with Crippen molar-refractivity contribution in [3.63, 3.8) is 0 Å². The maximum Gasteiger partial charge on any atom is 0.262 e. The minimum absolute atomic E-state index is 0.163. The van der Waals surface area contributed by atoms with Gasteiger partial charge in [0, 0.05) is 31.3 Å². The molecule has 1 fully saturated rings. The van der Waals surface area contributed by atoms with Crippen molar-refractivity contribution in [2.24, 2.45) is 0 Å². The molecule has 2 N–H and O–H groups in total. The maximum atomic E-state index is 13.1. The van der Waals surface area contributed by atoms with Crippen LogP contribution in [0.3, 0.4) is 0 Å². The average molecular weight is 351 g/mol. The van der Waals surface area contributed by atoms with Gasteiger partial charge in [0.1, 0.15) is 11.6 Å². The van der Waals surface area contributed by atoms with Crippen molar-refractivity contribution in [1.29, 1.82) is 0 Å². The molecule has 2 heterocycles. The van der Waals surface area contributed by atoms with Crippen LogP contribution >= 0.6 is 0 Å². The van der Waals surface area contributed by atoms with E-state index < -0.39 is 36.7 Å². The largest absolute Gasteiger partial charge is 0.439 e. The van der Waals surface area contributed by atoms with Crippen LogP contribution in [0.15, 0.2) is 42.6 Å². The second-order valence-electron chi connectivity index (χ2n) is 5.78. The molecule has 8 heteroatoms. The number of hydrogen-bond acceptors (Lipinski definition) is 4. The number of halogens is 3. The summed E-state index contributed by atoms with van der Waals surface area (Å²) in [7, 11) is 0. The highest BCUT2D eigenvalue weighted by Crippen LogP contribution is 2.25. The fourth-order valence-corrected chi connectivity index (χ4v) is 2.44. The molecule has 1 aliphatic heterocycles. The minimum atomic E-state index is -2.85. The van der Waals surface area contributed by atoms with E-state index in [2.05, 4.69) is 15.6 Å². The molecule has 132 valence electrons. The monoisotopic (exact) mass is 351 g/mol. The van der Waals surface area contributed by atoms with Crippen molar-refractivity contribution in [3.05, 3.63) is 54.0 Å². The predicted molar refractivity (Wildman–Crippen MR) is 83.9 cm³/mol. The first-order chi connectivity index (χ1) is 11.9. The number of hydrogen-bond donors (Lipinski definition) is 2. The number of aromatic nitrogens is 1. The zero-order chi connectivity index (χ0) is 17.9. The van der Waals surface area contributed by atoms with Gasteiger partial charge in [0.05, 0.1) is 12.6 Å². The summed E-state index contributed by atoms with van der Waals surface area (Å²) < 4.78 is 44.7. The number of carbonyl (C=O) groups is 1. The SMILES string of the molecule is O=C(NCc1ccc(Oc2cccc(F)c2)nc1)C1CC(F)(F)CN1. The van der Waals surface area contributed by atoms with Crippen LogP contribution in [0.5, 0.6) is 11.6 Å². The molecule has 0 radical (unpaired) electrons. The van der Waals surface area contributed by atoms with E-state index in [4.69, 9.17) is 4.74 Å². The maximum absolute atomic E-state index is 13.1. The summed E-state index contributed by atoms with van der Waals surface area (Å²) >= 11 is 0. The van der Waals surface area contributed by atoms with E-state index in [0.29, 0.717) is 11.3 Å². The third-order valence-electron chi connectivity index (χ3n) is 3.71. The van der Waals surface area contributed by atoms with Crippen LogP contribution in [0.4, 0.5) is 13.2 Å². The number of pyridine rings is 1. The van der Waals surface area contributed by atoms with Gasteiger partial charge < -0.3 is 10.1 Å². The molecule has 1 amide bonds. The Balaban J connectivity index is 1.52. The number of rotatable bonds is 5. The number of nitrogens with zero attached hydrogens (tertiary/aromatic N) is 1. The van der Waals surface area contributed by atoms with Gasteiger partial charge in [0.25, 0.3) is 5.92 Å². The Kier molecular flexibility index (Phi) is 4.89. The lowest BCUT2D eigenvalue weighted by molar-refractivity contribution is -0.123. The van der Waals surface area contributed by atoms with Crippen LogP contribution < -0.4 is 15.4 Å². The zero-order valence-electron chi connectivity index (χ0n) is 13.1. The molecule has 0 saturated carbocycles. The number of amides is 1. The molecule has 1 saturated heterocycles. The molecule has 1 unspecified atom stereocenters. The average Bonchev–Trinajstić information content (AvgIpc) is 2.94. The molecule has 5 nitrogen and oxygen atoms in total. The highest BCUT2D eigenvalue weighted by Gasteiger charge is 2.42. The van der Waals surface area contributed by atoms with Crippen molar-refractivity contribution in [1.82, 2.24) is 15.6 Å². The Morgan fingerprint density at radius 1 is 1.36 bits per heavy atom. The molecule has 3 rings (SSSR count). The smallest absolute Gasteiger partial charge is 0.262 e. The second kappa shape index (κ2) is 7.10. The summed E-state index contributed by atoms with van der Waals surface area (Å²) in [5, 5.41) is 5.09. The fourth-order valence-electron chi connectivity index (χ4n) is 2.44. The first-order valence-electron chi connectivity index (χ1n) is 7.69. The summed E-state index contributed by atoms with van der Waals surface area (Å²) in [5.74, 6) is -3.14. The summed E-state index contributed by atoms with van der Waals surface area (Å²) in [5.41, 5.74) is 0.685. The van der Waals surface area contributed by atoms with Gasteiger partial charge in [-0.05, 0) is 17.7 Å². The van der Waals surface area contributed by atoms with E-state index in [1.807, 2.05) is 0 Å². The van der Waals surface area contributed by atoms with Crippen LogP contribution in [0, 0.1) is 5.82 Å². The normalized spacial score (nSPS) is 18.8. The van der Waals surface area contributed by atoms with E-state index >= 15 is 0 Å². The van der Waals surface area contributed by atoms with E-state index in [1.54, 1.807) is 18.2 Å².